The van der Waals surface area contributed by atoms with Crippen molar-refractivity contribution in [1.82, 2.24) is 4.90 Å². The molecule has 0 atom stereocenters. The molecule has 2 N–H and O–H groups in total. The van der Waals surface area contributed by atoms with Gasteiger partial charge in [0.1, 0.15) is 5.75 Å². The summed E-state index contributed by atoms with van der Waals surface area (Å²) in [5.74, 6) is -0.0940. The summed E-state index contributed by atoms with van der Waals surface area (Å²) in [6.45, 7) is -1.56. The molecule has 0 radical (unpaired) electrons. The quantitative estimate of drug-likeness (QED) is 0.747. The molecule has 1 rings (SSSR count). The standard InChI is InChI=1S/C14H20F2N2O2/c1-18(10-4-2-3-9-17)13(19)11-5-7-12(8-6-11)20-14(15)16/h5-8,14H,2-4,9-10,17H2,1H3. The Kier molecular flexibility index (Phi) is 6.93. The maximum atomic E-state index is 12.1. The number of halogens is 2. The predicted molar refractivity (Wildman–Crippen MR) is 72.9 cm³/mol. The molecule has 0 aromatic heterocycles. The van der Waals surface area contributed by atoms with Gasteiger partial charge >= 0.3 is 6.61 Å². The van der Waals surface area contributed by atoms with Gasteiger partial charge < -0.3 is 15.4 Å². The van der Waals surface area contributed by atoms with Gasteiger partial charge in [0.15, 0.2) is 0 Å². The van der Waals surface area contributed by atoms with Crippen molar-refractivity contribution < 1.29 is 18.3 Å². The van der Waals surface area contributed by atoms with Crippen molar-refractivity contribution in [3.05, 3.63) is 29.8 Å². The Morgan fingerprint density at radius 2 is 1.90 bits per heavy atom. The number of nitrogens with two attached hydrogens (primary N) is 1. The number of alkyl halides is 2. The summed E-state index contributed by atoms with van der Waals surface area (Å²) in [5, 5.41) is 0. The maximum Gasteiger partial charge on any atom is 0.387 e. The fraction of sp³-hybridized carbons (Fsp3) is 0.500. The summed E-state index contributed by atoms with van der Waals surface area (Å²) >= 11 is 0. The Bertz CT molecular complexity index is 410. The van der Waals surface area contributed by atoms with Crippen LogP contribution < -0.4 is 10.5 Å². The SMILES string of the molecule is CN(CCCCCN)C(=O)c1ccc(OC(F)F)cc1. The van der Waals surface area contributed by atoms with Crippen LogP contribution in [0.1, 0.15) is 29.6 Å². The molecule has 1 aromatic rings. The molecule has 0 bridgehead atoms. The molecular formula is C14H20F2N2O2. The second-order valence-electron chi connectivity index (χ2n) is 4.48. The number of rotatable bonds is 8. The molecule has 20 heavy (non-hydrogen) atoms. The lowest BCUT2D eigenvalue weighted by Gasteiger charge is -2.17. The minimum Gasteiger partial charge on any atom is -0.435 e. The average Bonchev–Trinajstić information content (AvgIpc) is 2.43. The van der Waals surface area contributed by atoms with Crippen molar-refractivity contribution in [2.45, 2.75) is 25.9 Å². The Morgan fingerprint density at radius 3 is 2.45 bits per heavy atom. The van der Waals surface area contributed by atoms with Crippen LogP contribution in [0.15, 0.2) is 24.3 Å². The molecule has 6 heteroatoms. The van der Waals surface area contributed by atoms with Gasteiger partial charge in [-0.25, -0.2) is 0 Å². The first-order valence-electron chi connectivity index (χ1n) is 6.55. The molecule has 0 aliphatic carbocycles. The van der Waals surface area contributed by atoms with Crippen LogP contribution in [0.25, 0.3) is 0 Å². The highest BCUT2D eigenvalue weighted by atomic mass is 19.3. The van der Waals surface area contributed by atoms with E-state index in [9.17, 15) is 13.6 Å². The average molecular weight is 286 g/mol. The van der Waals surface area contributed by atoms with Gasteiger partial charge in [-0.05, 0) is 43.7 Å². The molecule has 0 aliphatic rings. The van der Waals surface area contributed by atoms with E-state index in [1.165, 1.54) is 24.3 Å². The van der Waals surface area contributed by atoms with Gasteiger partial charge in [-0.15, -0.1) is 0 Å². The number of unbranched alkanes of at least 4 members (excludes halogenated alkanes) is 2. The van der Waals surface area contributed by atoms with Gasteiger partial charge in [-0.2, -0.15) is 8.78 Å². The van der Waals surface area contributed by atoms with Crippen molar-refractivity contribution in [1.29, 1.82) is 0 Å². The summed E-state index contributed by atoms with van der Waals surface area (Å²) in [7, 11) is 1.72. The third kappa shape index (κ3) is 5.52. The van der Waals surface area contributed by atoms with E-state index in [4.69, 9.17) is 5.73 Å². The summed E-state index contributed by atoms with van der Waals surface area (Å²) < 4.78 is 28.2. The number of hydrogen-bond acceptors (Lipinski definition) is 3. The van der Waals surface area contributed by atoms with Crippen molar-refractivity contribution in [2.75, 3.05) is 20.1 Å². The maximum absolute atomic E-state index is 12.1. The molecule has 0 fully saturated rings. The van der Waals surface area contributed by atoms with Crippen LogP contribution in [-0.2, 0) is 0 Å². The van der Waals surface area contributed by atoms with Crippen LogP contribution in [-0.4, -0.2) is 37.6 Å². The molecule has 1 aromatic carbocycles. The van der Waals surface area contributed by atoms with Crippen LogP contribution in [0.3, 0.4) is 0 Å². The first-order valence-corrected chi connectivity index (χ1v) is 6.55. The molecule has 0 aliphatic heterocycles. The third-order valence-corrected chi connectivity index (χ3v) is 2.87. The molecule has 1 amide bonds. The number of benzene rings is 1. The monoisotopic (exact) mass is 286 g/mol. The summed E-state index contributed by atoms with van der Waals surface area (Å²) in [6.07, 6.45) is 2.82. The second kappa shape index (κ2) is 8.47. The molecule has 0 heterocycles. The highest BCUT2D eigenvalue weighted by molar-refractivity contribution is 5.94. The van der Waals surface area contributed by atoms with E-state index >= 15 is 0 Å². The van der Waals surface area contributed by atoms with E-state index in [1.807, 2.05) is 0 Å². The molecule has 0 spiro atoms. The Labute approximate surface area is 117 Å². The Balaban J connectivity index is 2.49. The third-order valence-electron chi connectivity index (χ3n) is 2.87. The van der Waals surface area contributed by atoms with E-state index < -0.39 is 6.61 Å². The Morgan fingerprint density at radius 1 is 1.25 bits per heavy atom. The second-order valence-corrected chi connectivity index (χ2v) is 4.48. The molecule has 4 nitrogen and oxygen atoms in total. The number of ether oxygens (including phenoxy) is 1. The number of amides is 1. The van der Waals surface area contributed by atoms with Gasteiger partial charge in [0, 0.05) is 19.2 Å². The normalized spacial score (nSPS) is 10.7. The lowest BCUT2D eigenvalue weighted by molar-refractivity contribution is -0.0498. The molecule has 0 saturated carbocycles. The lowest BCUT2D eigenvalue weighted by atomic mass is 10.2. The smallest absolute Gasteiger partial charge is 0.387 e. The van der Waals surface area contributed by atoms with E-state index in [-0.39, 0.29) is 11.7 Å². The van der Waals surface area contributed by atoms with Crippen molar-refractivity contribution in [3.63, 3.8) is 0 Å². The van der Waals surface area contributed by atoms with Gasteiger partial charge in [0.2, 0.25) is 0 Å². The fourth-order valence-corrected chi connectivity index (χ4v) is 1.77. The zero-order chi connectivity index (χ0) is 15.0. The highest BCUT2D eigenvalue weighted by Crippen LogP contribution is 2.16. The lowest BCUT2D eigenvalue weighted by Crippen LogP contribution is -2.27. The van der Waals surface area contributed by atoms with E-state index in [0.29, 0.717) is 18.7 Å². The molecule has 112 valence electrons. The van der Waals surface area contributed by atoms with E-state index in [2.05, 4.69) is 4.74 Å². The number of nitrogens with zero attached hydrogens (tertiary/aromatic N) is 1. The first kappa shape index (κ1) is 16.4. The molecule has 0 unspecified atom stereocenters. The number of carbonyl (C=O) groups is 1. The molecular weight excluding hydrogens is 266 g/mol. The Hall–Kier alpha value is -1.69. The zero-order valence-corrected chi connectivity index (χ0v) is 11.5. The number of carbonyl (C=O) groups excluding carboxylic acids is 1. The summed E-state index contributed by atoms with van der Waals surface area (Å²) in [4.78, 5) is 13.7. The first-order chi connectivity index (χ1) is 9.54. The number of hydrogen-bond donors (Lipinski definition) is 1. The topological polar surface area (TPSA) is 55.6 Å². The van der Waals surface area contributed by atoms with Crippen LogP contribution in [0.4, 0.5) is 8.78 Å². The van der Waals surface area contributed by atoms with Gasteiger partial charge in [0.05, 0.1) is 0 Å². The van der Waals surface area contributed by atoms with Gasteiger partial charge in [0.25, 0.3) is 5.91 Å². The van der Waals surface area contributed by atoms with Gasteiger partial charge in [-0.3, -0.25) is 4.79 Å². The minimum atomic E-state index is -2.86. The fourth-order valence-electron chi connectivity index (χ4n) is 1.77. The van der Waals surface area contributed by atoms with Crippen molar-refractivity contribution >= 4 is 5.91 Å². The summed E-state index contributed by atoms with van der Waals surface area (Å²) in [5.41, 5.74) is 5.85. The van der Waals surface area contributed by atoms with E-state index in [1.54, 1.807) is 11.9 Å². The summed E-state index contributed by atoms with van der Waals surface area (Å²) in [6, 6.07) is 5.69. The predicted octanol–water partition coefficient (Wildman–Crippen LogP) is 2.49. The van der Waals surface area contributed by atoms with Crippen LogP contribution in [0, 0.1) is 0 Å². The van der Waals surface area contributed by atoms with Crippen molar-refractivity contribution in [2.24, 2.45) is 5.73 Å². The van der Waals surface area contributed by atoms with Crippen LogP contribution in [0.2, 0.25) is 0 Å². The molecule has 0 saturated heterocycles. The van der Waals surface area contributed by atoms with Crippen LogP contribution in [0.5, 0.6) is 5.75 Å². The van der Waals surface area contributed by atoms with Crippen LogP contribution >= 0.6 is 0 Å². The van der Waals surface area contributed by atoms with E-state index in [0.717, 1.165) is 19.3 Å². The zero-order valence-electron chi connectivity index (χ0n) is 11.5. The highest BCUT2D eigenvalue weighted by Gasteiger charge is 2.12. The van der Waals surface area contributed by atoms with Gasteiger partial charge in [-0.1, -0.05) is 6.42 Å². The minimum absolute atomic E-state index is 0.0437. The largest absolute Gasteiger partial charge is 0.435 e. The van der Waals surface area contributed by atoms with Crippen molar-refractivity contribution in [3.8, 4) is 5.75 Å².